The van der Waals surface area contributed by atoms with Crippen molar-refractivity contribution >= 4 is 10.2 Å². The average Bonchev–Trinajstić information content (AvgIpc) is 3.14. The highest BCUT2D eigenvalue weighted by Crippen LogP contribution is 2.18. The van der Waals surface area contributed by atoms with Crippen LogP contribution in [0.15, 0.2) is 24.3 Å². The van der Waals surface area contributed by atoms with Crippen LogP contribution in [0.5, 0.6) is 5.75 Å². The highest BCUT2D eigenvalue weighted by atomic mass is 32.2. The summed E-state index contributed by atoms with van der Waals surface area (Å²) in [6, 6.07) is 7.39. The lowest BCUT2D eigenvalue weighted by Gasteiger charge is -2.17. The zero-order valence-corrected chi connectivity index (χ0v) is 10.8. The van der Waals surface area contributed by atoms with Crippen LogP contribution < -0.4 is 4.74 Å². The minimum atomic E-state index is -3.24. The summed E-state index contributed by atoms with van der Waals surface area (Å²) in [5, 5.41) is 0. The fourth-order valence-electron chi connectivity index (χ4n) is 1.54. The maximum atomic E-state index is 11.8. The molecule has 0 amide bonds. The molecule has 0 spiro atoms. The molecule has 0 aliphatic carbocycles. The van der Waals surface area contributed by atoms with E-state index in [0.29, 0.717) is 19.6 Å². The van der Waals surface area contributed by atoms with Crippen LogP contribution in [-0.2, 0) is 16.8 Å². The molecule has 0 saturated carbocycles. The second-order valence-electron chi connectivity index (χ2n) is 4.01. The van der Waals surface area contributed by atoms with Crippen molar-refractivity contribution in [3.8, 4) is 5.75 Å². The van der Waals surface area contributed by atoms with Crippen molar-refractivity contribution in [2.75, 3.05) is 27.2 Å². The molecule has 0 N–H and O–H groups in total. The molecule has 0 aromatic heterocycles. The Kier molecular flexibility index (Phi) is 3.37. The van der Waals surface area contributed by atoms with E-state index in [9.17, 15) is 8.42 Å². The molecule has 0 atom stereocenters. The molecule has 17 heavy (non-hydrogen) atoms. The van der Waals surface area contributed by atoms with Crippen LogP contribution in [0.25, 0.3) is 0 Å². The van der Waals surface area contributed by atoms with Crippen molar-refractivity contribution in [2.45, 2.75) is 6.54 Å². The van der Waals surface area contributed by atoms with Crippen LogP contribution in [0.1, 0.15) is 5.56 Å². The monoisotopic (exact) mass is 256 g/mol. The molecule has 0 unspecified atom stereocenters. The number of hydrogen-bond acceptors (Lipinski definition) is 3. The molecule has 1 heterocycles. The zero-order valence-electron chi connectivity index (χ0n) is 9.96. The van der Waals surface area contributed by atoms with E-state index in [1.807, 2.05) is 24.3 Å². The highest BCUT2D eigenvalue weighted by Gasteiger charge is 2.34. The topological polar surface area (TPSA) is 49.6 Å². The van der Waals surface area contributed by atoms with Crippen molar-refractivity contribution in [3.63, 3.8) is 0 Å². The van der Waals surface area contributed by atoms with Gasteiger partial charge in [-0.2, -0.15) is 17.0 Å². The van der Waals surface area contributed by atoms with Gasteiger partial charge < -0.3 is 4.74 Å². The predicted octanol–water partition coefficient (Wildman–Crippen LogP) is 0.687. The Morgan fingerprint density at radius 3 is 2.35 bits per heavy atom. The second kappa shape index (κ2) is 4.64. The van der Waals surface area contributed by atoms with Gasteiger partial charge in [-0.1, -0.05) is 12.1 Å². The van der Waals surface area contributed by atoms with Gasteiger partial charge in [0.1, 0.15) is 5.75 Å². The van der Waals surface area contributed by atoms with Crippen molar-refractivity contribution in [2.24, 2.45) is 0 Å². The number of methoxy groups -OCH3 is 1. The van der Waals surface area contributed by atoms with Gasteiger partial charge in [-0.05, 0) is 17.7 Å². The normalized spacial score (nSPS) is 16.2. The number of benzene rings is 1. The van der Waals surface area contributed by atoms with Crippen molar-refractivity contribution in [3.05, 3.63) is 29.8 Å². The van der Waals surface area contributed by atoms with Crippen LogP contribution in [-0.4, -0.2) is 44.3 Å². The van der Waals surface area contributed by atoms with Gasteiger partial charge in [-0.15, -0.1) is 0 Å². The van der Waals surface area contributed by atoms with E-state index >= 15 is 0 Å². The van der Waals surface area contributed by atoms with Gasteiger partial charge in [0.2, 0.25) is 0 Å². The maximum absolute atomic E-state index is 11.8. The molecule has 1 aliphatic heterocycles. The smallest absolute Gasteiger partial charge is 0.282 e. The first-order valence-corrected chi connectivity index (χ1v) is 6.78. The van der Waals surface area contributed by atoms with Crippen molar-refractivity contribution in [1.29, 1.82) is 0 Å². The Balaban J connectivity index is 2.04. The predicted molar refractivity (Wildman–Crippen MR) is 65.0 cm³/mol. The highest BCUT2D eigenvalue weighted by molar-refractivity contribution is 7.86. The second-order valence-corrected chi connectivity index (χ2v) is 6.05. The summed E-state index contributed by atoms with van der Waals surface area (Å²) in [6.45, 7) is 1.65. The summed E-state index contributed by atoms with van der Waals surface area (Å²) in [6.07, 6.45) is 0. The third-order valence-electron chi connectivity index (χ3n) is 2.69. The van der Waals surface area contributed by atoms with Crippen LogP contribution in [0.2, 0.25) is 0 Å². The Morgan fingerprint density at radius 2 is 1.88 bits per heavy atom. The molecule has 2 rings (SSSR count). The van der Waals surface area contributed by atoms with E-state index < -0.39 is 10.2 Å². The summed E-state index contributed by atoms with van der Waals surface area (Å²) >= 11 is 0. The van der Waals surface area contributed by atoms with E-state index in [1.165, 1.54) is 8.61 Å². The molecule has 1 aliphatic rings. The largest absolute Gasteiger partial charge is 0.497 e. The number of hydrogen-bond donors (Lipinski definition) is 0. The Bertz CT molecular complexity index is 480. The molecule has 1 saturated heterocycles. The molecule has 1 fully saturated rings. The third-order valence-corrected chi connectivity index (χ3v) is 4.63. The van der Waals surface area contributed by atoms with Gasteiger partial charge in [0, 0.05) is 26.7 Å². The van der Waals surface area contributed by atoms with Crippen molar-refractivity contribution in [1.82, 2.24) is 8.61 Å². The molecule has 94 valence electrons. The fourth-order valence-corrected chi connectivity index (χ4v) is 2.79. The number of ether oxygens (including phenoxy) is 1. The summed E-state index contributed by atoms with van der Waals surface area (Å²) in [5.41, 5.74) is 0.943. The minimum absolute atomic E-state index is 0.378. The van der Waals surface area contributed by atoms with E-state index in [2.05, 4.69) is 0 Å². The van der Waals surface area contributed by atoms with Crippen LogP contribution >= 0.6 is 0 Å². The quantitative estimate of drug-likeness (QED) is 0.728. The molecule has 0 bridgehead atoms. The Morgan fingerprint density at radius 1 is 1.29 bits per heavy atom. The van der Waals surface area contributed by atoms with Gasteiger partial charge in [-0.25, -0.2) is 0 Å². The summed E-state index contributed by atoms with van der Waals surface area (Å²) < 4.78 is 31.5. The third kappa shape index (κ3) is 2.77. The summed E-state index contributed by atoms with van der Waals surface area (Å²) in [7, 11) is -0.0460. The molecule has 5 nitrogen and oxygen atoms in total. The van der Waals surface area contributed by atoms with E-state index in [0.717, 1.165) is 11.3 Å². The van der Waals surface area contributed by atoms with Crippen LogP contribution in [0.3, 0.4) is 0 Å². The van der Waals surface area contributed by atoms with Crippen LogP contribution in [0, 0.1) is 0 Å². The van der Waals surface area contributed by atoms with E-state index in [1.54, 1.807) is 14.2 Å². The molecular weight excluding hydrogens is 240 g/mol. The number of nitrogens with zero attached hydrogens (tertiary/aromatic N) is 2. The molecular formula is C11H16N2O3S. The Labute approximate surface area is 102 Å². The maximum Gasteiger partial charge on any atom is 0.282 e. The summed E-state index contributed by atoms with van der Waals surface area (Å²) in [4.78, 5) is 0. The van der Waals surface area contributed by atoms with Gasteiger partial charge in [-0.3, -0.25) is 0 Å². The van der Waals surface area contributed by atoms with Crippen molar-refractivity contribution < 1.29 is 13.2 Å². The lowest BCUT2D eigenvalue weighted by Crippen LogP contribution is -2.31. The lowest BCUT2D eigenvalue weighted by atomic mass is 10.2. The first-order valence-electron chi connectivity index (χ1n) is 5.38. The molecule has 1 aromatic rings. The van der Waals surface area contributed by atoms with Crippen LogP contribution in [0.4, 0.5) is 0 Å². The average molecular weight is 256 g/mol. The number of rotatable bonds is 5. The lowest BCUT2D eigenvalue weighted by molar-refractivity contribution is 0.413. The van der Waals surface area contributed by atoms with Gasteiger partial charge >= 0.3 is 0 Å². The fraction of sp³-hybridized carbons (Fsp3) is 0.455. The van der Waals surface area contributed by atoms with E-state index in [4.69, 9.17) is 4.74 Å². The standard InChI is InChI=1S/C11H16N2O3S/c1-12(17(14,15)13-7-8-13)9-10-3-5-11(16-2)6-4-10/h3-6H,7-9H2,1-2H3. The summed E-state index contributed by atoms with van der Waals surface area (Å²) in [5.74, 6) is 0.769. The molecule has 1 aromatic carbocycles. The van der Waals surface area contributed by atoms with Gasteiger partial charge in [0.15, 0.2) is 0 Å². The van der Waals surface area contributed by atoms with Gasteiger partial charge in [0.05, 0.1) is 7.11 Å². The van der Waals surface area contributed by atoms with Gasteiger partial charge in [0.25, 0.3) is 10.2 Å². The molecule has 6 heteroatoms. The first-order chi connectivity index (χ1) is 8.04. The van der Waals surface area contributed by atoms with E-state index in [-0.39, 0.29) is 0 Å². The molecule has 0 radical (unpaired) electrons. The SMILES string of the molecule is COc1ccc(CN(C)S(=O)(=O)N2CC2)cc1. The minimum Gasteiger partial charge on any atom is -0.497 e. The Hall–Kier alpha value is -1.11. The zero-order chi connectivity index (χ0) is 12.5. The first kappa shape index (κ1) is 12.3.